The smallest absolute Gasteiger partial charge is 0.258 e. The maximum Gasteiger partial charge on any atom is 0.258 e. The summed E-state index contributed by atoms with van der Waals surface area (Å²) >= 11 is 11.8. The summed E-state index contributed by atoms with van der Waals surface area (Å²) in [6.07, 6.45) is 5.26. The van der Waals surface area contributed by atoms with Crippen molar-refractivity contribution in [1.82, 2.24) is 15.8 Å². The van der Waals surface area contributed by atoms with Crippen LogP contribution in [0.15, 0.2) is 30.4 Å². The van der Waals surface area contributed by atoms with E-state index < -0.39 is 18.4 Å². The highest BCUT2D eigenvalue weighted by Crippen LogP contribution is 2.34. The van der Waals surface area contributed by atoms with E-state index in [0.29, 0.717) is 35.1 Å². The molecule has 8 nitrogen and oxygen atoms in total. The molecule has 0 spiro atoms. The van der Waals surface area contributed by atoms with Crippen LogP contribution in [0, 0.1) is 11.8 Å². The predicted molar refractivity (Wildman–Crippen MR) is 110 cm³/mol. The Bertz CT molecular complexity index is 863. The van der Waals surface area contributed by atoms with E-state index in [1.54, 1.807) is 18.2 Å². The number of imide groups is 1. The molecule has 1 aromatic carbocycles. The van der Waals surface area contributed by atoms with E-state index >= 15 is 0 Å². The van der Waals surface area contributed by atoms with Gasteiger partial charge in [0.25, 0.3) is 5.91 Å². The number of amides is 4. The Labute approximate surface area is 183 Å². The normalized spacial score (nSPS) is 20.1. The molecule has 1 saturated heterocycles. The number of nitrogens with one attached hydrogen (secondary N) is 2. The van der Waals surface area contributed by atoms with Crippen molar-refractivity contribution in [3.05, 3.63) is 40.4 Å². The third kappa shape index (κ3) is 5.31. The Balaban J connectivity index is 1.35. The summed E-state index contributed by atoms with van der Waals surface area (Å²) in [6, 6.07) is 4.84. The molecule has 2 aliphatic rings. The number of halogens is 2. The summed E-state index contributed by atoms with van der Waals surface area (Å²) in [6.45, 7) is -0.167. The number of ether oxygens (including phenoxy) is 1. The molecule has 0 aromatic heterocycles. The summed E-state index contributed by atoms with van der Waals surface area (Å²) < 4.78 is 5.48. The van der Waals surface area contributed by atoms with E-state index in [0.717, 1.165) is 4.90 Å². The van der Waals surface area contributed by atoms with Crippen LogP contribution in [-0.4, -0.2) is 41.7 Å². The second-order valence-corrected chi connectivity index (χ2v) is 7.89. The van der Waals surface area contributed by atoms with Gasteiger partial charge in [0.05, 0.1) is 23.5 Å². The van der Waals surface area contributed by atoms with Gasteiger partial charge in [0.2, 0.25) is 17.7 Å². The van der Waals surface area contributed by atoms with Crippen molar-refractivity contribution < 1.29 is 23.9 Å². The molecule has 1 aliphatic heterocycles. The molecule has 10 heteroatoms. The number of hydrogen-bond acceptors (Lipinski definition) is 5. The highest BCUT2D eigenvalue weighted by atomic mass is 35.5. The standard InChI is InChI=1S/C20H21Cl2N3O5/c21-12-7-8-16(15(22)10-12)30-9-3-6-17(26)23-24-18(27)11-25-19(28)13-4-1-2-5-14(13)20(25)29/h1-2,7-8,10,13-14H,3-6,9,11H2,(H,23,26)(H,24,27)/t13-,14-/m1/s1. The number of hydrogen-bond donors (Lipinski definition) is 2. The first-order valence-corrected chi connectivity index (χ1v) is 10.3. The first-order valence-electron chi connectivity index (χ1n) is 9.52. The lowest BCUT2D eigenvalue weighted by Gasteiger charge is -2.14. The van der Waals surface area contributed by atoms with Gasteiger partial charge in [0.15, 0.2) is 0 Å². The molecule has 1 aliphatic carbocycles. The molecule has 0 radical (unpaired) electrons. The van der Waals surface area contributed by atoms with Crippen LogP contribution in [0.5, 0.6) is 5.75 Å². The van der Waals surface area contributed by atoms with Crippen LogP contribution in [0.1, 0.15) is 25.7 Å². The minimum atomic E-state index is -0.638. The number of nitrogens with zero attached hydrogens (tertiary/aromatic N) is 1. The fourth-order valence-corrected chi connectivity index (χ4v) is 3.88. The molecule has 1 fully saturated rings. The van der Waals surface area contributed by atoms with Crippen LogP contribution in [0.2, 0.25) is 10.0 Å². The zero-order valence-electron chi connectivity index (χ0n) is 16.0. The van der Waals surface area contributed by atoms with Crippen molar-refractivity contribution in [2.75, 3.05) is 13.2 Å². The second kappa shape index (κ2) is 9.95. The van der Waals surface area contributed by atoms with Crippen molar-refractivity contribution in [1.29, 1.82) is 0 Å². The highest BCUT2D eigenvalue weighted by molar-refractivity contribution is 6.35. The number of allylic oxidation sites excluding steroid dienone is 2. The van der Waals surface area contributed by atoms with Crippen molar-refractivity contribution in [3.63, 3.8) is 0 Å². The fraction of sp³-hybridized carbons (Fsp3) is 0.400. The average molecular weight is 454 g/mol. The molecule has 2 N–H and O–H groups in total. The van der Waals surface area contributed by atoms with E-state index in [1.807, 2.05) is 12.2 Å². The average Bonchev–Trinajstić information content (AvgIpc) is 2.96. The minimum absolute atomic E-state index is 0.100. The molecule has 0 saturated carbocycles. The van der Waals surface area contributed by atoms with Crippen LogP contribution in [0.25, 0.3) is 0 Å². The molecule has 0 unspecified atom stereocenters. The first-order chi connectivity index (χ1) is 14.4. The maximum absolute atomic E-state index is 12.3. The van der Waals surface area contributed by atoms with Gasteiger partial charge in [0, 0.05) is 11.4 Å². The van der Waals surface area contributed by atoms with Crippen LogP contribution in [0.3, 0.4) is 0 Å². The third-order valence-corrected chi connectivity index (χ3v) is 5.47. The van der Waals surface area contributed by atoms with Gasteiger partial charge in [-0.1, -0.05) is 35.4 Å². The third-order valence-electron chi connectivity index (χ3n) is 4.94. The van der Waals surface area contributed by atoms with Crippen molar-refractivity contribution in [3.8, 4) is 5.75 Å². The van der Waals surface area contributed by atoms with Gasteiger partial charge in [-0.05, 0) is 37.5 Å². The number of carbonyl (C=O) groups excluding carboxylic acids is 4. The number of likely N-dealkylation sites (tertiary alicyclic amines) is 1. The molecule has 160 valence electrons. The largest absolute Gasteiger partial charge is 0.492 e. The first kappa shape index (κ1) is 22.1. The van der Waals surface area contributed by atoms with Gasteiger partial charge < -0.3 is 4.74 Å². The molecule has 2 atom stereocenters. The minimum Gasteiger partial charge on any atom is -0.492 e. The quantitative estimate of drug-likeness (QED) is 0.285. The number of rotatable bonds is 7. The fourth-order valence-electron chi connectivity index (χ4n) is 3.42. The Morgan fingerprint density at radius 2 is 1.67 bits per heavy atom. The van der Waals surface area contributed by atoms with E-state index in [4.69, 9.17) is 27.9 Å². The molecule has 4 amide bonds. The molecule has 3 rings (SSSR count). The topological polar surface area (TPSA) is 105 Å². The van der Waals surface area contributed by atoms with Gasteiger partial charge in [-0.25, -0.2) is 0 Å². The molecular weight excluding hydrogens is 433 g/mol. The summed E-state index contributed by atoms with van der Waals surface area (Å²) in [4.78, 5) is 49.5. The van der Waals surface area contributed by atoms with Crippen molar-refractivity contribution in [2.24, 2.45) is 11.8 Å². The Morgan fingerprint density at radius 3 is 2.30 bits per heavy atom. The molecule has 1 aromatic rings. The lowest BCUT2D eigenvalue weighted by molar-refractivity contribution is -0.144. The maximum atomic E-state index is 12.3. The van der Waals surface area contributed by atoms with Crippen LogP contribution >= 0.6 is 23.2 Å². The highest BCUT2D eigenvalue weighted by Gasteiger charge is 2.47. The summed E-state index contributed by atoms with van der Waals surface area (Å²) in [5.74, 6) is -2.06. The van der Waals surface area contributed by atoms with E-state index in [-0.39, 0.29) is 36.7 Å². The van der Waals surface area contributed by atoms with Crippen LogP contribution < -0.4 is 15.6 Å². The van der Waals surface area contributed by atoms with Gasteiger partial charge >= 0.3 is 0 Å². The SMILES string of the molecule is O=C(CCCOc1ccc(Cl)cc1Cl)NNC(=O)CN1C(=O)[C@@H]2CC=CC[C@H]2C1=O. The molecular formula is C20H21Cl2N3O5. The zero-order valence-corrected chi connectivity index (χ0v) is 17.5. The van der Waals surface area contributed by atoms with Crippen molar-refractivity contribution in [2.45, 2.75) is 25.7 Å². The number of benzene rings is 1. The molecule has 30 heavy (non-hydrogen) atoms. The van der Waals surface area contributed by atoms with Gasteiger partial charge in [-0.15, -0.1) is 0 Å². The van der Waals surface area contributed by atoms with E-state index in [9.17, 15) is 19.2 Å². The number of carbonyl (C=O) groups is 4. The van der Waals surface area contributed by atoms with Gasteiger partial charge in [-0.2, -0.15) is 0 Å². The van der Waals surface area contributed by atoms with E-state index in [2.05, 4.69) is 10.9 Å². The zero-order chi connectivity index (χ0) is 21.7. The number of fused-ring (bicyclic) bond motifs is 1. The van der Waals surface area contributed by atoms with Crippen LogP contribution in [0.4, 0.5) is 0 Å². The van der Waals surface area contributed by atoms with Crippen LogP contribution in [-0.2, 0) is 19.2 Å². The lowest BCUT2D eigenvalue weighted by Crippen LogP contribution is -2.47. The van der Waals surface area contributed by atoms with Gasteiger partial charge in [0.1, 0.15) is 12.3 Å². The summed E-state index contributed by atoms with van der Waals surface area (Å²) in [5, 5.41) is 0.871. The van der Waals surface area contributed by atoms with Gasteiger partial charge in [-0.3, -0.25) is 34.9 Å². The summed E-state index contributed by atoms with van der Waals surface area (Å²) in [5.41, 5.74) is 4.50. The second-order valence-electron chi connectivity index (χ2n) is 7.04. The van der Waals surface area contributed by atoms with E-state index in [1.165, 1.54) is 0 Å². The summed E-state index contributed by atoms with van der Waals surface area (Å²) in [7, 11) is 0. The Hall–Kier alpha value is -2.58. The Kier molecular flexibility index (Phi) is 7.33. The predicted octanol–water partition coefficient (Wildman–Crippen LogP) is 2.25. The lowest BCUT2D eigenvalue weighted by atomic mass is 9.85. The molecule has 0 bridgehead atoms. The number of hydrazine groups is 1. The van der Waals surface area contributed by atoms with Crippen molar-refractivity contribution >= 4 is 46.8 Å². The molecule has 1 heterocycles. The Morgan fingerprint density at radius 1 is 1.03 bits per heavy atom. The monoisotopic (exact) mass is 453 g/mol.